The van der Waals surface area contributed by atoms with Crippen molar-refractivity contribution in [1.29, 1.82) is 0 Å². The fraction of sp³-hybridized carbons (Fsp3) is 0.579. The van der Waals surface area contributed by atoms with Crippen LogP contribution in [0.1, 0.15) is 51.0 Å². The van der Waals surface area contributed by atoms with Gasteiger partial charge in [-0.1, -0.05) is 25.0 Å². The van der Waals surface area contributed by atoms with Crippen molar-refractivity contribution < 1.29 is 14.3 Å². The zero-order valence-electron chi connectivity index (χ0n) is 14.2. The van der Waals surface area contributed by atoms with Gasteiger partial charge in [-0.2, -0.15) is 0 Å². The maximum absolute atomic E-state index is 12.5. The molecule has 1 aliphatic rings. The summed E-state index contributed by atoms with van der Waals surface area (Å²) in [4.78, 5) is 24.0. The first-order valence-electron chi connectivity index (χ1n) is 8.46. The number of aryl methyl sites for hydroxylation is 1. The van der Waals surface area contributed by atoms with Gasteiger partial charge in [-0.3, -0.25) is 9.59 Å². The number of nitrogens with one attached hydrogen (secondary N) is 1. The molecule has 0 aliphatic heterocycles. The van der Waals surface area contributed by atoms with Crippen LogP contribution in [-0.4, -0.2) is 25.3 Å². The van der Waals surface area contributed by atoms with Gasteiger partial charge in [-0.15, -0.1) is 0 Å². The van der Waals surface area contributed by atoms with Crippen molar-refractivity contribution in [3.8, 4) is 5.75 Å². The van der Waals surface area contributed by atoms with Crippen LogP contribution in [-0.2, 0) is 16.0 Å². The lowest BCUT2D eigenvalue weighted by Crippen LogP contribution is -2.40. The van der Waals surface area contributed by atoms with E-state index in [9.17, 15) is 9.59 Å². The van der Waals surface area contributed by atoms with Crippen LogP contribution >= 0.6 is 0 Å². The summed E-state index contributed by atoms with van der Waals surface area (Å²) >= 11 is 0. The highest BCUT2D eigenvalue weighted by Crippen LogP contribution is 2.41. The Morgan fingerprint density at radius 2 is 1.83 bits per heavy atom. The van der Waals surface area contributed by atoms with Gasteiger partial charge in [0, 0.05) is 13.0 Å². The maximum Gasteiger partial charge on any atom is 0.226 e. The van der Waals surface area contributed by atoms with Gasteiger partial charge < -0.3 is 10.1 Å². The molecule has 0 saturated heterocycles. The van der Waals surface area contributed by atoms with Crippen molar-refractivity contribution in [1.82, 2.24) is 5.32 Å². The van der Waals surface area contributed by atoms with Crippen molar-refractivity contribution >= 4 is 11.7 Å². The van der Waals surface area contributed by atoms with Crippen molar-refractivity contribution in [2.45, 2.75) is 51.9 Å². The van der Waals surface area contributed by atoms with Gasteiger partial charge in [0.05, 0.1) is 12.5 Å². The van der Waals surface area contributed by atoms with E-state index in [0.29, 0.717) is 13.0 Å². The Kier molecular flexibility index (Phi) is 6.20. The van der Waals surface area contributed by atoms with Crippen molar-refractivity contribution in [3.63, 3.8) is 0 Å². The molecule has 0 heterocycles. The highest BCUT2D eigenvalue weighted by Gasteiger charge is 2.41. The van der Waals surface area contributed by atoms with Crippen LogP contribution in [0.3, 0.4) is 0 Å². The summed E-state index contributed by atoms with van der Waals surface area (Å²) in [6.07, 6.45) is 5.99. The lowest BCUT2D eigenvalue weighted by atomic mass is 9.80. The van der Waals surface area contributed by atoms with Gasteiger partial charge >= 0.3 is 0 Å². The second-order valence-corrected chi connectivity index (χ2v) is 6.57. The molecule has 1 aliphatic carbocycles. The van der Waals surface area contributed by atoms with E-state index < -0.39 is 5.41 Å². The number of ketones is 1. The zero-order valence-corrected chi connectivity index (χ0v) is 14.2. The van der Waals surface area contributed by atoms with Crippen LogP contribution in [0.5, 0.6) is 5.75 Å². The second-order valence-electron chi connectivity index (χ2n) is 6.57. The molecule has 23 heavy (non-hydrogen) atoms. The number of Topliss-reactive ketones (excluding diaryl/α,β-unsaturated/α-hetero) is 1. The van der Waals surface area contributed by atoms with Crippen LogP contribution in [0.2, 0.25) is 0 Å². The molecule has 1 amide bonds. The molecule has 4 heteroatoms. The van der Waals surface area contributed by atoms with E-state index in [2.05, 4.69) is 17.4 Å². The third-order valence-corrected chi connectivity index (χ3v) is 4.72. The Balaban J connectivity index is 1.78. The Morgan fingerprint density at radius 1 is 1.17 bits per heavy atom. The summed E-state index contributed by atoms with van der Waals surface area (Å²) in [5.41, 5.74) is 0.797. The number of hydrogen-bond donors (Lipinski definition) is 1. The van der Waals surface area contributed by atoms with E-state index in [4.69, 9.17) is 4.74 Å². The number of rotatable bonds is 8. The van der Waals surface area contributed by atoms with Crippen LogP contribution in [0.4, 0.5) is 0 Å². The minimum absolute atomic E-state index is 0.0694. The molecule has 1 saturated carbocycles. The molecule has 0 aromatic heterocycles. The predicted molar refractivity (Wildman–Crippen MR) is 90.5 cm³/mol. The Morgan fingerprint density at radius 3 is 2.39 bits per heavy atom. The molecular weight excluding hydrogens is 290 g/mol. The third kappa shape index (κ3) is 4.81. The standard InChI is InChI=1S/C19H27NO3/c1-15(21)14-19(11-3-4-12-19)18(22)20-13-5-6-16-7-9-17(23-2)10-8-16/h7-10H,3-6,11-14H2,1-2H3,(H,20,22). The SMILES string of the molecule is COc1ccc(CCCNC(=O)C2(CC(C)=O)CCCC2)cc1. The maximum atomic E-state index is 12.5. The Bertz CT molecular complexity index is 530. The van der Waals surface area contributed by atoms with Crippen LogP contribution in [0, 0.1) is 5.41 Å². The summed E-state index contributed by atoms with van der Waals surface area (Å²) < 4.78 is 5.14. The highest BCUT2D eigenvalue weighted by atomic mass is 16.5. The van der Waals surface area contributed by atoms with E-state index in [1.54, 1.807) is 14.0 Å². The molecule has 4 nitrogen and oxygen atoms in total. The van der Waals surface area contributed by atoms with E-state index in [-0.39, 0.29) is 11.7 Å². The lowest BCUT2D eigenvalue weighted by Gasteiger charge is -2.26. The molecule has 0 radical (unpaired) electrons. The summed E-state index contributed by atoms with van der Waals surface area (Å²) in [7, 11) is 1.66. The van der Waals surface area contributed by atoms with Crippen LogP contribution < -0.4 is 10.1 Å². The molecule has 1 aromatic rings. The monoisotopic (exact) mass is 317 g/mol. The van der Waals surface area contributed by atoms with E-state index in [1.807, 2.05) is 12.1 Å². The average molecular weight is 317 g/mol. The van der Waals surface area contributed by atoms with Gasteiger partial charge in [0.25, 0.3) is 0 Å². The predicted octanol–water partition coefficient (Wildman–Crippen LogP) is 3.28. The van der Waals surface area contributed by atoms with Gasteiger partial charge in [0.1, 0.15) is 11.5 Å². The van der Waals surface area contributed by atoms with Crippen LogP contribution in [0.25, 0.3) is 0 Å². The van der Waals surface area contributed by atoms with Crippen LogP contribution in [0.15, 0.2) is 24.3 Å². The highest BCUT2D eigenvalue weighted by molar-refractivity contribution is 5.89. The number of carbonyl (C=O) groups is 2. The fourth-order valence-corrected chi connectivity index (χ4v) is 3.49. The first-order valence-corrected chi connectivity index (χ1v) is 8.46. The molecule has 0 spiro atoms. The summed E-state index contributed by atoms with van der Waals surface area (Å²) in [5, 5.41) is 3.05. The average Bonchev–Trinajstić information content (AvgIpc) is 3.01. The Labute approximate surface area is 138 Å². The topological polar surface area (TPSA) is 55.4 Å². The van der Waals surface area contributed by atoms with Crippen molar-refractivity contribution in [2.75, 3.05) is 13.7 Å². The van der Waals surface area contributed by atoms with Gasteiger partial charge in [0.15, 0.2) is 0 Å². The minimum Gasteiger partial charge on any atom is -0.497 e. The number of carbonyl (C=O) groups excluding carboxylic acids is 2. The van der Waals surface area contributed by atoms with E-state index >= 15 is 0 Å². The van der Waals surface area contributed by atoms with E-state index in [1.165, 1.54) is 5.56 Å². The molecule has 1 aromatic carbocycles. The molecule has 1 fully saturated rings. The number of amides is 1. The normalized spacial score (nSPS) is 16.1. The van der Waals surface area contributed by atoms with Crippen molar-refractivity contribution in [3.05, 3.63) is 29.8 Å². The number of ether oxygens (including phenoxy) is 1. The fourth-order valence-electron chi connectivity index (χ4n) is 3.49. The van der Waals surface area contributed by atoms with Crippen molar-refractivity contribution in [2.24, 2.45) is 5.41 Å². The smallest absolute Gasteiger partial charge is 0.226 e. The summed E-state index contributed by atoms with van der Waals surface area (Å²) in [5.74, 6) is 1.04. The third-order valence-electron chi connectivity index (χ3n) is 4.72. The minimum atomic E-state index is -0.439. The first-order chi connectivity index (χ1) is 11.1. The number of benzene rings is 1. The quantitative estimate of drug-likeness (QED) is 0.749. The summed E-state index contributed by atoms with van der Waals surface area (Å²) in [6.45, 7) is 2.24. The largest absolute Gasteiger partial charge is 0.497 e. The molecule has 1 N–H and O–H groups in total. The van der Waals surface area contributed by atoms with Gasteiger partial charge in [-0.05, 0) is 50.3 Å². The number of hydrogen-bond acceptors (Lipinski definition) is 3. The molecular formula is C19H27NO3. The van der Waals surface area contributed by atoms with E-state index in [0.717, 1.165) is 44.3 Å². The number of methoxy groups -OCH3 is 1. The molecule has 126 valence electrons. The lowest BCUT2D eigenvalue weighted by molar-refractivity contribution is -0.135. The first kappa shape index (κ1) is 17.5. The Hall–Kier alpha value is -1.84. The zero-order chi connectivity index (χ0) is 16.7. The molecule has 2 rings (SSSR count). The van der Waals surface area contributed by atoms with Gasteiger partial charge in [0.2, 0.25) is 5.91 Å². The molecule has 0 atom stereocenters. The molecule has 0 unspecified atom stereocenters. The second kappa shape index (κ2) is 8.14. The van der Waals surface area contributed by atoms with Gasteiger partial charge in [-0.25, -0.2) is 0 Å². The molecule has 0 bridgehead atoms. The summed E-state index contributed by atoms with van der Waals surface area (Å²) in [6, 6.07) is 8.01.